The highest BCUT2D eigenvalue weighted by molar-refractivity contribution is 7.80. The van der Waals surface area contributed by atoms with E-state index in [1.807, 2.05) is 0 Å². The van der Waals surface area contributed by atoms with Gasteiger partial charge in [0, 0.05) is 12.7 Å². The summed E-state index contributed by atoms with van der Waals surface area (Å²) in [4.78, 5) is 13.5. The Hall–Kier alpha value is -1.11. The van der Waals surface area contributed by atoms with Crippen LogP contribution in [0.15, 0.2) is 18.3 Å². The number of halogens is 1. The number of nitrogens with one attached hydrogen (secondary N) is 1. The molecule has 7 heteroatoms. The number of rotatable bonds is 4. The molecule has 0 spiro atoms. The molecule has 0 radical (unpaired) electrons. The Kier molecular flexibility index (Phi) is 4.72. The molecule has 1 rings (SSSR count). The SMILES string of the molecule is CC(NCc1ccc(Cl)nc1)C(=S)[N+](=O)[O-]. The third kappa shape index (κ3) is 3.80. The van der Waals surface area contributed by atoms with Crippen molar-refractivity contribution in [2.75, 3.05) is 0 Å². The van der Waals surface area contributed by atoms with E-state index in [-0.39, 0.29) is 4.99 Å². The van der Waals surface area contributed by atoms with Crippen LogP contribution in [0.5, 0.6) is 0 Å². The van der Waals surface area contributed by atoms with Crippen LogP contribution in [-0.2, 0) is 6.54 Å². The van der Waals surface area contributed by atoms with Crippen LogP contribution in [-0.4, -0.2) is 20.9 Å². The van der Waals surface area contributed by atoms with Gasteiger partial charge in [-0.05, 0) is 30.8 Å². The number of hydrogen-bond donors (Lipinski definition) is 1. The minimum absolute atomic E-state index is 0.220. The Morgan fingerprint density at radius 1 is 1.75 bits per heavy atom. The molecule has 0 aliphatic rings. The van der Waals surface area contributed by atoms with Gasteiger partial charge in [-0.15, -0.1) is 0 Å². The quantitative estimate of drug-likeness (QED) is 0.387. The molecule has 1 aromatic rings. The molecule has 1 atom stereocenters. The summed E-state index contributed by atoms with van der Waals surface area (Å²) in [6.07, 6.45) is 1.61. The Labute approximate surface area is 103 Å². The molecule has 0 aromatic carbocycles. The Bertz CT molecular complexity index is 396. The van der Waals surface area contributed by atoms with Crippen LogP contribution in [0.4, 0.5) is 0 Å². The molecule has 0 aliphatic carbocycles. The zero-order valence-electron chi connectivity index (χ0n) is 8.51. The van der Waals surface area contributed by atoms with Crippen LogP contribution >= 0.6 is 23.8 Å². The molecule has 0 bridgehead atoms. The molecule has 0 fully saturated rings. The predicted octanol–water partition coefficient (Wildman–Crippen LogP) is 1.82. The van der Waals surface area contributed by atoms with Crippen LogP contribution in [0.1, 0.15) is 12.5 Å². The molecule has 0 aliphatic heterocycles. The molecule has 1 heterocycles. The molecule has 16 heavy (non-hydrogen) atoms. The summed E-state index contributed by atoms with van der Waals surface area (Å²) in [6, 6.07) is 3.00. The molecule has 1 aromatic heterocycles. The van der Waals surface area contributed by atoms with Crippen LogP contribution in [0.25, 0.3) is 0 Å². The van der Waals surface area contributed by atoms with E-state index in [1.54, 1.807) is 25.3 Å². The Morgan fingerprint density at radius 3 is 2.94 bits per heavy atom. The van der Waals surface area contributed by atoms with Crippen LogP contribution in [0.3, 0.4) is 0 Å². The normalized spacial score (nSPS) is 12.1. The summed E-state index contributed by atoms with van der Waals surface area (Å²) in [5, 5.41) is 13.7. The highest BCUT2D eigenvalue weighted by atomic mass is 35.5. The van der Waals surface area contributed by atoms with Crippen molar-refractivity contribution in [3.05, 3.63) is 39.2 Å². The number of nitro groups is 1. The number of thiocarbonyl (C=S) groups is 1. The Balaban J connectivity index is 2.48. The van der Waals surface area contributed by atoms with Crippen molar-refractivity contribution in [2.45, 2.75) is 19.5 Å². The van der Waals surface area contributed by atoms with Crippen LogP contribution in [0, 0.1) is 10.1 Å². The van der Waals surface area contributed by atoms with Crippen molar-refractivity contribution < 1.29 is 4.92 Å². The van der Waals surface area contributed by atoms with Gasteiger partial charge in [-0.25, -0.2) is 4.98 Å². The van der Waals surface area contributed by atoms with Gasteiger partial charge < -0.3 is 0 Å². The van der Waals surface area contributed by atoms with Gasteiger partial charge >= 0.3 is 4.99 Å². The highest BCUT2D eigenvalue weighted by Crippen LogP contribution is 2.05. The second-order valence-electron chi connectivity index (χ2n) is 3.19. The zero-order valence-corrected chi connectivity index (χ0v) is 10.1. The molecule has 0 saturated heterocycles. The van der Waals surface area contributed by atoms with Crippen molar-refractivity contribution in [1.29, 1.82) is 0 Å². The van der Waals surface area contributed by atoms with E-state index in [2.05, 4.69) is 22.5 Å². The van der Waals surface area contributed by atoms with Crippen LogP contribution in [0.2, 0.25) is 5.15 Å². The number of pyridine rings is 1. The maximum absolute atomic E-state index is 10.4. The average Bonchev–Trinajstić information content (AvgIpc) is 2.26. The zero-order chi connectivity index (χ0) is 12.1. The molecule has 1 unspecified atom stereocenters. The average molecular weight is 260 g/mol. The monoisotopic (exact) mass is 259 g/mol. The van der Waals surface area contributed by atoms with Gasteiger partial charge in [0.2, 0.25) is 0 Å². The van der Waals surface area contributed by atoms with Crippen molar-refractivity contribution in [3.8, 4) is 0 Å². The van der Waals surface area contributed by atoms with Crippen molar-refractivity contribution in [1.82, 2.24) is 10.3 Å². The molecule has 0 amide bonds. The van der Waals surface area contributed by atoms with Crippen molar-refractivity contribution in [2.24, 2.45) is 0 Å². The van der Waals surface area contributed by atoms with E-state index in [9.17, 15) is 10.1 Å². The van der Waals surface area contributed by atoms with Gasteiger partial charge in [-0.1, -0.05) is 17.7 Å². The molecule has 0 saturated carbocycles. The van der Waals surface area contributed by atoms with Gasteiger partial charge in [0.05, 0.1) is 4.92 Å². The van der Waals surface area contributed by atoms with Crippen LogP contribution < -0.4 is 5.32 Å². The smallest absolute Gasteiger partial charge is 0.300 e. The second-order valence-corrected chi connectivity index (χ2v) is 3.99. The van der Waals surface area contributed by atoms with E-state index in [4.69, 9.17) is 11.6 Å². The first kappa shape index (κ1) is 13.0. The molecular formula is C9H10ClN3O2S. The summed E-state index contributed by atoms with van der Waals surface area (Å²) in [5.74, 6) is 0. The lowest BCUT2D eigenvalue weighted by Crippen LogP contribution is -2.36. The van der Waals surface area contributed by atoms with E-state index < -0.39 is 11.0 Å². The molecular weight excluding hydrogens is 250 g/mol. The molecule has 86 valence electrons. The highest BCUT2D eigenvalue weighted by Gasteiger charge is 2.18. The first-order valence-corrected chi connectivity index (χ1v) is 5.31. The fourth-order valence-corrected chi connectivity index (χ4v) is 1.22. The number of nitrogens with zero attached hydrogens (tertiary/aromatic N) is 2. The van der Waals surface area contributed by atoms with E-state index in [0.29, 0.717) is 11.7 Å². The minimum atomic E-state index is -0.562. The summed E-state index contributed by atoms with van der Waals surface area (Å²) in [6.45, 7) is 2.10. The molecule has 1 N–H and O–H groups in total. The topological polar surface area (TPSA) is 68.1 Å². The van der Waals surface area contributed by atoms with Gasteiger partial charge in [0.25, 0.3) is 0 Å². The minimum Gasteiger partial charge on any atom is -0.300 e. The molecule has 5 nitrogen and oxygen atoms in total. The Morgan fingerprint density at radius 2 is 2.44 bits per heavy atom. The fraction of sp³-hybridized carbons (Fsp3) is 0.333. The summed E-state index contributed by atoms with van der Waals surface area (Å²) in [7, 11) is 0. The van der Waals surface area contributed by atoms with E-state index in [1.165, 1.54) is 0 Å². The lowest BCUT2D eigenvalue weighted by molar-refractivity contribution is -0.349. The fourth-order valence-electron chi connectivity index (χ4n) is 1.03. The first-order valence-electron chi connectivity index (χ1n) is 4.52. The van der Waals surface area contributed by atoms with Gasteiger partial charge in [0.1, 0.15) is 11.2 Å². The standard InChI is InChI=1S/C9H10ClN3O2S/c1-6(9(16)13(14)15)11-4-7-2-3-8(10)12-5-7/h2-3,5-6,11H,4H2,1H3. The first-order chi connectivity index (χ1) is 7.50. The van der Waals surface area contributed by atoms with Gasteiger partial charge in [-0.2, -0.15) is 0 Å². The summed E-state index contributed by atoms with van der Waals surface area (Å²) >= 11 is 10.3. The summed E-state index contributed by atoms with van der Waals surface area (Å²) < 4.78 is 0. The number of hydrogen-bond acceptors (Lipinski definition) is 5. The van der Waals surface area contributed by atoms with E-state index in [0.717, 1.165) is 5.56 Å². The van der Waals surface area contributed by atoms with Crippen molar-refractivity contribution in [3.63, 3.8) is 0 Å². The third-order valence-corrected chi connectivity index (χ3v) is 2.68. The maximum Gasteiger partial charge on any atom is 0.326 e. The largest absolute Gasteiger partial charge is 0.326 e. The third-order valence-electron chi connectivity index (χ3n) is 1.95. The van der Waals surface area contributed by atoms with Gasteiger partial charge in [0.15, 0.2) is 0 Å². The predicted molar refractivity (Wildman–Crippen MR) is 65.1 cm³/mol. The van der Waals surface area contributed by atoms with Crippen molar-refractivity contribution >= 4 is 28.8 Å². The second kappa shape index (κ2) is 5.83. The van der Waals surface area contributed by atoms with Gasteiger partial charge in [-0.3, -0.25) is 15.4 Å². The number of aromatic nitrogens is 1. The van der Waals surface area contributed by atoms with E-state index >= 15 is 0 Å². The maximum atomic E-state index is 10.4. The summed E-state index contributed by atoms with van der Waals surface area (Å²) in [5.41, 5.74) is 0.891. The lowest BCUT2D eigenvalue weighted by atomic mass is 10.2. The lowest BCUT2D eigenvalue weighted by Gasteiger charge is -2.09.